The summed E-state index contributed by atoms with van der Waals surface area (Å²) in [5.74, 6) is -0.341. The maximum absolute atomic E-state index is 12.2. The molecule has 8 heteroatoms. The van der Waals surface area contributed by atoms with Crippen LogP contribution in [-0.2, 0) is 19.6 Å². The lowest BCUT2D eigenvalue weighted by Crippen LogP contribution is -2.60. The molecule has 7 nitrogen and oxygen atoms in total. The molecular formula is C11H23N3O4S. The molecule has 1 fully saturated rings. The summed E-state index contributed by atoms with van der Waals surface area (Å²) < 4.78 is 30.8. The van der Waals surface area contributed by atoms with E-state index in [4.69, 9.17) is 4.74 Å². The second-order valence-electron chi connectivity index (χ2n) is 4.24. The summed E-state index contributed by atoms with van der Waals surface area (Å²) >= 11 is 0. The number of carbonyl (C=O) groups is 1. The molecule has 0 spiro atoms. The highest BCUT2D eigenvalue weighted by Gasteiger charge is 2.36. The Morgan fingerprint density at radius 1 is 1.47 bits per heavy atom. The van der Waals surface area contributed by atoms with Crippen LogP contribution in [0, 0.1) is 0 Å². The molecule has 1 aliphatic heterocycles. The van der Waals surface area contributed by atoms with Crippen molar-refractivity contribution in [1.29, 1.82) is 0 Å². The van der Waals surface area contributed by atoms with E-state index in [1.807, 2.05) is 13.8 Å². The van der Waals surface area contributed by atoms with E-state index >= 15 is 0 Å². The van der Waals surface area contributed by atoms with Gasteiger partial charge in [0, 0.05) is 32.8 Å². The van der Waals surface area contributed by atoms with Crippen LogP contribution >= 0.6 is 0 Å². The molecule has 1 rings (SSSR count). The van der Waals surface area contributed by atoms with Gasteiger partial charge in [-0.1, -0.05) is 0 Å². The molecule has 19 heavy (non-hydrogen) atoms. The molecule has 2 N–H and O–H groups in total. The van der Waals surface area contributed by atoms with Gasteiger partial charge >= 0.3 is 0 Å². The average Bonchev–Trinajstić information content (AvgIpc) is 2.39. The lowest BCUT2D eigenvalue weighted by Gasteiger charge is -2.34. The molecule has 0 aromatic carbocycles. The van der Waals surface area contributed by atoms with E-state index in [9.17, 15) is 13.2 Å². The fourth-order valence-electron chi connectivity index (χ4n) is 1.96. The van der Waals surface area contributed by atoms with Crippen LogP contribution in [0.25, 0.3) is 0 Å². The number of hydrogen-bond donors (Lipinski definition) is 2. The summed E-state index contributed by atoms with van der Waals surface area (Å²) in [6.07, 6.45) is 0. The molecule has 1 unspecified atom stereocenters. The van der Waals surface area contributed by atoms with Gasteiger partial charge in [0.05, 0.1) is 12.4 Å². The normalized spacial score (nSPS) is 21.3. The van der Waals surface area contributed by atoms with E-state index in [1.54, 1.807) is 0 Å². The number of ether oxygens (including phenoxy) is 1. The van der Waals surface area contributed by atoms with Crippen molar-refractivity contribution in [2.75, 3.05) is 45.1 Å². The van der Waals surface area contributed by atoms with E-state index in [-0.39, 0.29) is 18.3 Å². The fourth-order valence-corrected chi connectivity index (χ4v) is 3.45. The second kappa shape index (κ2) is 7.78. The first-order valence-electron chi connectivity index (χ1n) is 6.58. The molecule has 1 aliphatic rings. The highest BCUT2D eigenvalue weighted by molar-refractivity contribution is 7.89. The Labute approximate surface area is 114 Å². The lowest BCUT2D eigenvalue weighted by molar-refractivity contribution is -0.125. The predicted octanol–water partition coefficient (Wildman–Crippen LogP) is -1.24. The van der Waals surface area contributed by atoms with Crippen LogP contribution in [0.1, 0.15) is 13.8 Å². The first kappa shape index (κ1) is 16.4. The molecule has 112 valence electrons. The zero-order valence-electron chi connectivity index (χ0n) is 11.5. The van der Waals surface area contributed by atoms with Gasteiger partial charge in [-0.2, -0.15) is 4.31 Å². The minimum atomic E-state index is -3.46. The van der Waals surface area contributed by atoms with Crippen molar-refractivity contribution in [3.8, 4) is 0 Å². The number of hydrogen-bond acceptors (Lipinski definition) is 5. The second-order valence-corrected chi connectivity index (χ2v) is 6.28. The number of likely N-dealkylation sites (N-methyl/N-ethyl adjacent to an activating group) is 1. The molecule has 1 saturated heterocycles. The average molecular weight is 293 g/mol. The summed E-state index contributed by atoms with van der Waals surface area (Å²) in [6, 6.07) is -0.666. The Balaban J connectivity index is 2.72. The molecule has 1 atom stereocenters. The maximum atomic E-state index is 12.2. The number of amides is 1. The standard InChI is InChI=1S/C11H23N3O4S/c1-3-13-11(15)10-9-12-5-6-14(10)19(16,17)8-7-18-4-2/h10,12H,3-9H2,1-2H3,(H,13,15). The molecule has 1 amide bonds. The molecular weight excluding hydrogens is 270 g/mol. The summed E-state index contributed by atoms with van der Waals surface area (Å²) in [6.45, 7) is 5.97. The monoisotopic (exact) mass is 293 g/mol. The highest BCUT2D eigenvalue weighted by Crippen LogP contribution is 2.11. The smallest absolute Gasteiger partial charge is 0.239 e. The van der Waals surface area contributed by atoms with Crippen molar-refractivity contribution in [3.63, 3.8) is 0 Å². The van der Waals surface area contributed by atoms with Gasteiger partial charge in [0.1, 0.15) is 6.04 Å². The topological polar surface area (TPSA) is 87.7 Å². The van der Waals surface area contributed by atoms with E-state index in [0.717, 1.165) is 0 Å². The van der Waals surface area contributed by atoms with Gasteiger partial charge in [0.25, 0.3) is 0 Å². The minimum Gasteiger partial charge on any atom is -0.381 e. The zero-order chi connectivity index (χ0) is 14.3. The number of piperazine rings is 1. The summed E-state index contributed by atoms with van der Waals surface area (Å²) in [4.78, 5) is 11.9. The van der Waals surface area contributed by atoms with E-state index in [0.29, 0.717) is 32.8 Å². The molecule has 0 bridgehead atoms. The Bertz CT molecular complexity index is 385. The Kier molecular flexibility index (Phi) is 6.70. The Morgan fingerprint density at radius 2 is 2.21 bits per heavy atom. The van der Waals surface area contributed by atoms with Gasteiger partial charge in [-0.05, 0) is 13.8 Å². The third-order valence-electron chi connectivity index (χ3n) is 2.89. The zero-order valence-corrected chi connectivity index (χ0v) is 12.3. The third-order valence-corrected chi connectivity index (χ3v) is 4.73. The van der Waals surface area contributed by atoms with E-state index < -0.39 is 16.1 Å². The van der Waals surface area contributed by atoms with Crippen molar-refractivity contribution >= 4 is 15.9 Å². The van der Waals surface area contributed by atoms with Crippen LogP contribution in [0.15, 0.2) is 0 Å². The molecule has 0 radical (unpaired) electrons. The fraction of sp³-hybridized carbons (Fsp3) is 0.909. The van der Waals surface area contributed by atoms with Crippen LogP contribution in [-0.4, -0.2) is 69.8 Å². The lowest BCUT2D eigenvalue weighted by atomic mass is 10.2. The molecule has 0 aromatic heterocycles. The number of nitrogens with zero attached hydrogens (tertiary/aromatic N) is 1. The van der Waals surface area contributed by atoms with Gasteiger partial charge in [-0.25, -0.2) is 8.42 Å². The highest BCUT2D eigenvalue weighted by atomic mass is 32.2. The van der Waals surface area contributed by atoms with Crippen molar-refractivity contribution in [3.05, 3.63) is 0 Å². The molecule has 1 heterocycles. The maximum Gasteiger partial charge on any atom is 0.239 e. The summed E-state index contributed by atoms with van der Waals surface area (Å²) in [5, 5.41) is 5.71. The van der Waals surface area contributed by atoms with Gasteiger partial charge < -0.3 is 15.4 Å². The van der Waals surface area contributed by atoms with Crippen LogP contribution in [0.3, 0.4) is 0 Å². The van der Waals surface area contributed by atoms with E-state index in [2.05, 4.69) is 10.6 Å². The summed E-state index contributed by atoms with van der Waals surface area (Å²) in [5.41, 5.74) is 0. The molecule has 0 aromatic rings. The van der Waals surface area contributed by atoms with Crippen LogP contribution in [0.2, 0.25) is 0 Å². The quantitative estimate of drug-likeness (QED) is 0.574. The van der Waals surface area contributed by atoms with Gasteiger partial charge in [0.2, 0.25) is 15.9 Å². The van der Waals surface area contributed by atoms with Crippen molar-refractivity contribution in [2.45, 2.75) is 19.9 Å². The third kappa shape index (κ3) is 4.72. The van der Waals surface area contributed by atoms with E-state index in [1.165, 1.54) is 4.31 Å². The SMILES string of the molecule is CCNC(=O)C1CNCCN1S(=O)(=O)CCOCC. The number of carbonyl (C=O) groups excluding carboxylic acids is 1. The van der Waals surface area contributed by atoms with Gasteiger partial charge in [-0.3, -0.25) is 4.79 Å². The summed E-state index contributed by atoms with van der Waals surface area (Å²) in [7, 11) is -3.46. The Morgan fingerprint density at radius 3 is 2.84 bits per heavy atom. The van der Waals surface area contributed by atoms with Gasteiger partial charge in [-0.15, -0.1) is 0 Å². The largest absolute Gasteiger partial charge is 0.381 e. The van der Waals surface area contributed by atoms with Crippen LogP contribution < -0.4 is 10.6 Å². The number of sulfonamides is 1. The number of nitrogens with one attached hydrogen (secondary N) is 2. The first-order chi connectivity index (χ1) is 9.03. The van der Waals surface area contributed by atoms with Crippen molar-refractivity contribution in [2.24, 2.45) is 0 Å². The van der Waals surface area contributed by atoms with Crippen LogP contribution in [0.5, 0.6) is 0 Å². The molecule has 0 saturated carbocycles. The van der Waals surface area contributed by atoms with Crippen molar-refractivity contribution in [1.82, 2.24) is 14.9 Å². The van der Waals surface area contributed by atoms with Gasteiger partial charge in [0.15, 0.2) is 0 Å². The Hall–Kier alpha value is -0.700. The van der Waals surface area contributed by atoms with Crippen molar-refractivity contribution < 1.29 is 17.9 Å². The van der Waals surface area contributed by atoms with Crippen LogP contribution in [0.4, 0.5) is 0 Å². The predicted molar refractivity (Wildman–Crippen MR) is 72.3 cm³/mol. The minimum absolute atomic E-state index is 0.0866. The first-order valence-corrected chi connectivity index (χ1v) is 8.19. The number of rotatable bonds is 7. The molecule has 0 aliphatic carbocycles.